The van der Waals surface area contributed by atoms with Gasteiger partial charge in [0.15, 0.2) is 0 Å². The van der Waals surface area contributed by atoms with Gasteiger partial charge in [-0.2, -0.15) is 0 Å². The number of likely N-dealkylation sites (N-methyl/N-ethyl adjacent to an activating group) is 1. The van der Waals surface area contributed by atoms with E-state index in [9.17, 15) is 5.11 Å². The summed E-state index contributed by atoms with van der Waals surface area (Å²) in [4.78, 5) is 2.26. The van der Waals surface area contributed by atoms with E-state index in [0.717, 1.165) is 26.2 Å². The summed E-state index contributed by atoms with van der Waals surface area (Å²) in [5.74, 6) is 0. The minimum absolute atomic E-state index is 0.225. The Morgan fingerprint density at radius 3 is 2.77 bits per heavy atom. The SMILES string of the molecule is CCN(CCOC)C1CNCC1O. The highest BCUT2D eigenvalue weighted by molar-refractivity contribution is 4.88. The first-order valence-electron chi connectivity index (χ1n) is 4.91. The molecule has 1 aliphatic rings. The molecule has 1 heterocycles. The maximum absolute atomic E-state index is 9.64. The van der Waals surface area contributed by atoms with Crippen LogP contribution in [-0.2, 0) is 4.74 Å². The first-order chi connectivity index (χ1) is 6.29. The first-order valence-corrected chi connectivity index (χ1v) is 4.91. The zero-order chi connectivity index (χ0) is 9.68. The standard InChI is InChI=1S/C9H20N2O2/c1-3-11(4-5-13-2)8-6-10-7-9(8)12/h8-10,12H,3-7H2,1-2H3. The highest BCUT2D eigenvalue weighted by Gasteiger charge is 2.29. The van der Waals surface area contributed by atoms with Gasteiger partial charge in [-0.15, -0.1) is 0 Å². The number of aliphatic hydroxyl groups excluding tert-OH is 1. The van der Waals surface area contributed by atoms with Gasteiger partial charge in [0, 0.05) is 32.8 Å². The molecule has 0 amide bonds. The van der Waals surface area contributed by atoms with E-state index in [-0.39, 0.29) is 12.1 Å². The van der Waals surface area contributed by atoms with Crippen LogP contribution in [0.15, 0.2) is 0 Å². The van der Waals surface area contributed by atoms with Gasteiger partial charge in [-0.3, -0.25) is 4.90 Å². The number of ether oxygens (including phenoxy) is 1. The average molecular weight is 188 g/mol. The Morgan fingerprint density at radius 2 is 2.31 bits per heavy atom. The van der Waals surface area contributed by atoms with Gasteiger partial charge in [0.2, 0.25) is 0 Å². The molecule has 0 saturated carbocycles. The quantitative estimate of drug-likeness (QED) is 0.598. The molecule has 4 nitrogen and oxygen atoms in total. The Kier molecular flexibility index (Phi) is 4.66. The molecule has 1 aliphatic heterocycles. The predicted molar refractivity (Wildman–Crippen MR) is 51.8 cm³/mol. The van der Waals surface area contributed by atoms with Crippen LogP contribution in [0.25, 0.3) is 0 Å². The lowest BCUT2D eigenvalue weighted by Gasteiger charge is -2.28. The highest BCUT2D eigenvalue weighted by atomic mass is 16.5. The molecular formula is C9H20N2O2. The number of methoxy groups -OCH3 is 1. The third-order valence-corrected chi connectivity index (χ3v) is 2.61. The van der Waals surface area contributed by atoms with Crippen molar-refractivity contribution in [3.63, 3.8) is 0 Å². The van der Waals surface area contributed by atoms with Crippen molar-refractivity contribution in [3.05, 3.63) is 0 Å². The van der Waals surface area contributed by atoms with Crippen molar-refractivity contribution in [1.82, 2.24) is 10.2 Å². The molecule has 0 aromatic heterocycles. The van der Waals surface area contributed by atoms with Crippen LogP contribution >= 0.6 is 0 Å². The number of rotatable bonds is 5. The fraction of sp³-hybridized carbons (Fsp3) is 1.00. The smallest absolute Gasteiger partial charge is 0.0831 e. The van der Waals surface area contributed by atoms with Gasteiger partial charge in [-0.1, -0.05) is 6.92 Å². The number of nitrogens with one attached hydrogen (secondary N) is 1. The van der Waals surface area contributed by atoms with E-state index in [4.69, 9.17) is 4.74 Å². The topological polar surface area (TPSA) is 44.7 Å². The lowest BCUT2D eigenvalue weighted by Crippen LogP contribution is -2.44. The first kappa shape index (κ1) is 10.9. The van der Waals surface area contributed by atoms with E-state index in [0.29, 0.717) is 6.54 Å². The maximum atomic E-state index is 9.64. The minimum atomic E-state index is -0.225. The van der Waals surface area contributed by atoms with Crippen LogP contribution in [0.5, 0.6) is 0 Å². The Hall–Kier alpha value is -0.160. The second kappa shape index (κ2) is 5.54. The fourth-order valence-electron chi connectivity index (χ4n) is 1.79. The third-order valence-electron chi connectivity index (χ3n) is 2.61. The summed E-state index contributed by atoms with van der Waals surface area (Å²) in [6.07, 6.45) is -0.225. The van der Waals surface area contributed by atoms with E-state index in [1.807, 2.05) is 0 Å². The van der Waals surface area contributed by atoms with E-state index in [1.165, 1.54) is 0 Å². The molecule has 4 heteroatoms. The third kappa shape index (κ3) is 2.91. The molecule has 2 atom stereocenters. The largest absolute Gasteiger partial charge is 0.390 e. The van der Waals surface area contributed by atoms with Crippen molar-refractivity contribution in [1.29, 1.82) is 0 Å². The van der Waals surface area contributed by atoms with Crippen LogP contribution in [0.3, 0.4) is 0 Å². The summed E-state index contributed by atoms with van der Waals surface area (Å²) in [6.45, 7) is 6.31. The van der Waals surface area contributed by atoms with Crippen LogP contribution in [0.2, 0.25) is 0 Å². The zero-order valence-electron chi connectivity index (χ0n) is 8.49. The van der Waals surface area contributed by atoms with Crippen molar-refractivity contribution in [3.8, 4) is 0 Å². The molecule has 2 unspecified atom stereocenters. The molecule has 0 aromatic carbocycles. The average Bonchev–Trinajstić information content (AvgIpc) is 2.54. The van der Waals surface area contributed by atoms with E-state index in [2.05, 4.69) is 17.1 Å². The number of aliphatic hydroxyl groups is 1. The Morgan fingerprint density at radius 1 is 1.54 bits per heavy atom. The number of hydrogen-bond acceptors (Lipinski definition) is 4. The van der Waals surface area contributed by atoms with Gasteiger partial charge in [0.1, 0.15) is 0 Å². The van der Waals surface area contributed by atoms with Crippen LogP contribution in [-0.4, -0.2) is 62.0 Å². The maximum Gasteiger partial charge on any atom is 0.0831 e. The molecule has 0 radical (unpaired) electrons. The van der Waals surface area contributed by atoms with Gasteiger partial charge in [-0.25, -0.2) is 0 Å². The second-order valence-corrected chi connectivity index (χ2v) is 3.41. The minimum Gasteiger partial charge on any atom is -0.390 e. The van der Waals surface area contributed by atoms with Gasteiger partial charge in [0.05, 0.1) is 12.7 Å². The Bertz CT molecular complexity index is 144. The number of nitrogens with zero attached hydrogens (tertiary/aromatic N) is 1. The van der Waals surface area contributed by atoms with E-state index in [1.54, 1.807) is 7.11 Å². The molecule has 1 fully saturated rings. The predicted octanol–water partition coefficient (Wildman–Crippen LogP) is -0.713. The molecule has 0 aliphatic carbocycles. The molecule has 2 N–H and O–H groups in total. The molecule has 0 bridgehead atoms. The van der Waals surface area contributed by atoms with Gasteiger partial charge >= 0.3 is 0 Å². The molecular weight excluding hydrogens is 168 g/mol. The molecule has 1 rings (SSSR count). The molecule has 0 spiro atoms. The molecule has 78 valence electrons. The van der Waals surface area contributed by atoms with Crippen molar-refractivity contribution >= 4 is 0 Å². The summed E-state index contributed by atoms with van der Waals surface area (Å²) in [5, 5.41) is 12.8. The monoisotopic (exact) mass is 188 g/mol. The van der Waals surface area contributed by atoms with Gasteiger partial charge < -0.3 is 15.2 Å². The molecule has 0 aromatic rings. The number of β-amino-alcohol motifs (C(OH)–C–C–N with tert-alkyl or cyclic N) is 1. The van der Waals surface area contributed by atoms with Crippen molar-refractivity contribution < 1.29 is 9.84 Å². The van der Waals surface area contributed by atoms with Crippen molar-refractivity contribution in [2.75, 3.05) is 39.9 Å². The van der Waals surface area contributed by atoms with Gasteiger partial charge in [-0.05, 0) is 6.54 Å². The fourth-order valence-corrected chi connectivity index (χ4v) is 1.79. The summed E-state index contributed by atoms with van der Waals surface area (Å²) >= 11 is 0. The van der Waals surface area contributed by atoms with E-state index >= 15 is 0 Å². The molecule has 1 saturated heterocycles. The number of hydrogen-bond donors (Lipinski definition) is 2. The van der Waals surface area contributed by atoms with Crippen LogP contribution < -0.4 is 5.32 Å². The summed E-state index contributed by atoms with van der Waals surface area (Å²) in [7, 11) is 1.71. The normalized spacial score (nSPS) is 28.6. The molecule has 13 heavy (non-hydrogen) atoms. The van der Waals surface area contributed by atoms with Crippen LogP contribution in [0.1, 0.15) is 6.92 Å². The zero-order valence-corrected chi connectivity index (χ0v) is 8.49. The summed E-state index contributed by atoms with van der Waals surface area (Å²) < 4.78 is 5.03. The lowest BCUT2D eigenvalue weighted by molar-refractivity contribution is 0.0652. The van der Waals surface area contributed by atoms with Crippen molar-refractivity contribution in [2.45, 2.75) is 19.1 Å². The van der Waals surface area contributed by atoms with E-state index < -0.39 is 0 Å². The highest BCUT2D eigenvalue weighted by Crippen LogP contribution is 2.08. The van der Waals surface area contributed by atoms with Crippen LogP contribution in [0.4, 0.5) is 0 Å². The van der Waals surface area contributed by atoms with Crippen LogP contribution in [0, 0.1) is 0 Å². The lowest BCUT2D eigenvalue weighted by atomic mass is 10.2. The summed E-state index contributed by atoms with van der Waals surface area (Å²) in [5.41, 5.74) is 0. The second-order valence-electron chi connectivity index (χ2n) is 3.41. The Balaban J connectivity index is 2.35. The van der Waals surface area contributed by atoms with Gasteiger partial charge in [0.25, 0.3) is 0 Å². The van der Waals surface area contributed by atoms with Crippen molar-refractivity contribution in [2.24, 2.45) is 0 Å². The summed E-state index contributed by atoms with van der Waals surface area (Å²) in [6, 6.07) is 0.264. The Labute approximate surface area is 79.9 Å².